The molecule has 0 spiro atoms. The molecule has 0 aromatic carbocycles. The van der Waals surface area contributed by atoms with Crippen molar-refractivity contribution in [1.82, 2.24) is 14.6 Å². The summed E-state index contributed by atoms with van der Waals surface area (Å²) in [5.41, 5.74) is 0.384. The van der Waals surface area contributed by atoms with Crippen LogP contribution < -0.4 is 4.72 Å². The minimum absolute atomic E-state index is 0.131. The number of aromatic nitrogens is 1. The maximum atomic E-state index is 12.3. The number of carbonyl (C=O) groups is 1. The number of nitrogens with one attached hydrogen (secondary N) is 1. The third-order valence-corrected chi connectivity index (χ3v) is 4.32. The number of likely N-dealkylation sites (tertiary alicyclic amines) is 1. The average Bonchev–Trinajstić information content (AvgIpc) is 2.35. The van der Waals surface area contributed by atoms with Crippen molar-refractivity contribution in [3.8, 4) is 0 Å². The molecule has 0 bridgehead atoms. The van der Waals surface area contributed by atoms with Gasteiger partial charge in [-0.25, -0.2) is 18.1 Å². The SMILES string of the molecule is CS(=O)(=O)NC1CCN(C(=O)c2cc(Cl)nc(Cl)c2)CC1. The van der Waals surface area contributed by atoms with Crippen molar-refractivity contribution >= 4 is 39.1 Å². The van der Waals surface area contributed by atoms with Crippen molar-refractivity contribution in [2.75, 3.05) is 19.3 Å². The Hall–Kier alpha value is -0.890. The van der Waals surface area contributed by atoms with Crippen LogP contribution in [0.25, 0.3) is 0 Å². The van der Waals surface area contributed by atoms with E-state index in [2.05, 4.69) is 9.71 Å². The van der Waals surface area contributed by atoms with Gasteiger partial charge in [0, 0.05) is 24.7 Å². The van der Waals surface area contributed by atoms with Crippen LogP contribution in [0.4, 0.5) is 0 Å². The number of amides is 1. The Morgan fingerprint density at radius 2 is 1.81 bits per heavy atom. The second-order valence-corrected chi connectivity index (χ2v) is 7.51. The van der Waals surface area contributed by atoms with E-state index in [1.165, 1.54) is 12.1 Å². The number of carbonyl (C=O) groups excluding carboxylic acids is 1. The maximum Gasteiger partial charge on any atom is 0.254 e. The molecular formula is C12H15Cl2N3O3S. The summed E-state index contributed by atoms with van der Waals surface area (Å²) in [5.74, 6) is -0.181. The molecule has 0 saturated carbocycles. The van der Waals surface area contributed by atoms with E-state index in [-0.39, 0.29) is 22.3 Å². The first-order valence-electron chi connectivity index (χ1n) is 6.34. The second-order valence-electron chi connectivity index (χ2n) is 4.96. The Balaban J connectivity index is 2.00. The molecule has 9 heteroatoms. The number of sulfonamides is 1. The van der Waals surface area contributed by atoms with Gasteiger partial charge in [-0.2, -0.15) is 0 Å². The first kappa shape index (κ1) is 16.5. The van der Waals surface area contributed by atoms with Crippen LogP contribution in [-0.4, -0.2) is 49.6 Å². The highest BCUT2D eigenvalue weighted by Gasteiger charge is 2.25. The monoisotopic (exact) mass is 351 g/mol. The van der Waals surface area contributed by atoms with Crippen LogP contribution in [0.15, 0.2) is 12.1 Å². The van der Waals surface area contributed by atoms with Crippen LogP contribution in [0, 0.1) is 0 Å². The molecule has 1 aliphatic rings. The lowest BCUT2D eigenvalue weighted by molar-refractivity contribution is 0.0711. The minimum atomic E-state index is -3.22. The van der Waals surface area contributed by atoms with Crippen molar-refractivity contribution in [2.24, 2.45) is 0 Å². The van der Waals surface area contributed by atoms with Crippen molar-refractivity contribution < 1.29 is 13.2 Å². The molecule has 1 aromatic rings. The molecule has 6 nitrogen and oxygen atoms in total. The first-order chi connectivity index (χ1) is 9.74. The normalized spacial score (nSPS) is 17.0. The van der Waals surface area contributed by atoms with Gasteiger partial charge >= 0.3 is 0 Å². The average molecular weight is 352 g/mol. The van der Waals surface area contributed by atoms with Crippen molar-refractivity contribution in [3.05, 3.63) is 28.0 Å². The largest absolute Gasteiger partial charge is 0.339 e. The summed E-state index contributed by atoms with van der Waals surface area (Å²) in [5, 5.41) is 0.332. The van der Waals surface area contributed by atoms with Crippen molar-refractivity contribution in [2.45, 2.75) is 18.9 Å². The topological polar surface area (TPSA) is 79.4 Å². The summed E-state index contributed by atoms with van der Waals surface area (Å²) >= 11 is 11.6. The lowest BCUT2D eigenvalue weighted by Gasteiger charge is -2.32. The second kappa shape index (κ2) is 6.48. The Morgan fingerprint density at radius 1 is 1.29 bits per heavy atom. The third-order valence-electron chi connectivity index (χ3n) is 3.17. The zero-order valence-corrected chi connectivity index (χ0v) is 13.7. The molecule has 1 N–H and O–H groups in total. The zero-order valence-electron chi connectivity index (χ0n) is 11.3. The van der Waals surface area contributed by atoms with E-state index in [1.807, 2.05) is 0 Å². The molecule has 1 saturated heterocycles. The van der Waals surface area contributed by atoms with Crippen LogP contribution in [0.5, 0.6) is 0 Å². The Labute approximate surface area is 133 Å². The lowest BCUT2D eigenvalue weighted by atomic mass is 10.1. The van der Waals surface area contributed by atoms with Gasteiger partial charge in [-0.1, -0.05) is 23.2 Å². The third kappa shape index (κ3) is 4.81. The molecule has 2 rings (SSSR count). The molecule has 1 aliphatic heterocycles. The molecule has 2 heterocycles. The summed E-state index contributed by atoms with van der Waals surface area (Å²) in [7, 11) is -3.22. The summed E-state index contributed by atoms with van der Waals surface area (Å²) in [6.07, 6.45) is 2.28. The first-order valence-corrected chi connectivity index (χ1v) is 8.99. The van der Waals surface area contributed by atoms with Gasteiger partial charge in [-0.3, -0.25) is 4.79 Å². The molecule has 1 aromatic heterocycles. The number of nitrogens with zero attached hydrogens (tertiary/aromatic N) is 2. The lowest BCUT2D eigenvalue weighted by Crippen LogP contribution is -2.46. The van der Waals surface area contributed by atoms with E-state index in [9.17, 15) is 13.2 Å². The maximum absolute atomic E-state index is 12.3. The summed E-state index contributed by atoms with van der Waals surface area (Å²) < 4.78 is 24.9. The Kier molecular flexibility index (Phi) is 5.08. The van der Waals surface area contributed by atoms with Crippen LogP contribution in [0.3, 0.4) is 0 Å². The number of hydrogen-bond acceptors (Lipinski definition) is 4. The van der Waals surface area contributed by atoms with E-state index in [4.69, 9.17) is 23.2 Å². The highest BCUT2D eigenvalue weighted by molar-refractivity contribution is 7.88. The minimum Gasteiger partial charge on any atom is -0.339 e. The summed E-state index contributed by atoms with van der Waals surface area (Å²) in [6, 6.07) is 2.81. The van der Waals surface area contributed by atoms with Gasteiger partial charge in [0.1, 0.15) is 10.3 Å². The quantitative estimate of drug-likeness (QED) is 0.837. The van der Waals surface area contributed by atoms with E-state index < -0.39 is 10.0 Å². The fourth-order valence-corrected chi connectivity index (χ4v) is 3.58. The van der Waals surface area contributed by atoms with E-state index in [1.54, 1.807) is 4.90 Å². The number of pyridine rings is 1. The van der Waals surface area contributed by atoms with Gasteiger partial charge in [0.25, 0.3) is 5.91 Å². The summed E-state index contributed by atoms with van der Waals surface area (Å²) in [4.78, 5) is 17.8. The Bertz CT molecular complexity index is 623. The zero-order chi connectivity index (χ0) is 15.6. The van der Waals surface area contributed by atoms with Crippen LogP contribution >= 0.6 is 23.2 Å². The van der Waals surface area contributed by atoms with Gasteiger partial charge in [-0.15, -0.1) is 0 Å². The van der Waals surface area contributed by atoms with Crippen LogP contribution in [0.2, 0.25) is 10.3 Å². The number of piperidine rings is 1. The molecule has 21 heavy (non-hydrogen) atoms. The molecule has 0 aliphatic carbocycles. The number of rotatable bonds is 3. The molecule has 1 fully saturated rings. The van der Waals surface area contributed by atoms with E-state index >= 15 is 0 Å². The fourth-order valence-electron chi connectivity index (χ4n) is 2.27. The predicted molar refractivity (Wildman–Crippen MR) is 81.2 cm³/mol. The Morgan fingerprint density at radius 3 is 2.29 bits per heavy atom. The number of halogens is 2. The van der Waals surface area contributed by atoms with E-state index in [0.29, 0.717) is 31.5 Å². The molecule has 116 valence electrons. The van der Waals surface area contributed by atoms with Gasteiger partial charge in [0.2, 0.25) is 10.0 Å². The molecule has 0 atom stereocenters. The molecule has 0 radical (unpaired) electrons. The van der Waals surface area contributed by atoms with Crippen molar-refractivity contribution in [3.63, 3.8) is 0 Å². The van der Waals surface area contributed by atoms with E-state index in [0.717, 1.165) is 6.26 Å². The highest BCUT2D eigenvalue weighted by atomic mass is 35.5. The molecule has 0 unspecified atom stereocenters. The summed E-state index contributed by atoms with van der Waals surface area (Å²) in [6.45, 7) is 0.952. The smallest absolute Gasteiger partial charge is 0.254 e. The fraction of sp³-hybridized carbons (Fsp3) is 0.500. The predicted octanol–water partition coefficient (Wildman–Crippen LogP) is 1.54. The van der Waals surface area contributed by atoms with Gasteiger partial charge < -0.3 is 4.90 Å². The van der Waals surface area contributed by atoms with Crippen LogP contribution in [-0.2, 0) is 10.0 Å². The van der Waals surface area contributed by atoms with Crippen molar-refractivity contribution in [1.29, 1.82) is 0 Å². The van der Waals surface area contributed by atoms with Gasteiger partial charge in [-0.05, 0) is 25.0 Å². The molecular weight excluding hydrogens is 337 g/mol. The molecule has 1 amide bonds. The van der Waals surface area contributed by atoms with Crippen LogP contribution in [0.1, 0.15) is 23.2 Å². The van der Waals surface area contributed by atoms with Gasteiger partial charge in [0.15, 0.2) is 0 Å². The highest BCUT2D eigenvalue weighted by Crippen LogP contribution is 2.19. The number of hydrogen-bond donors (Lipinski definition) is 1. The standard InChI is InChI=1S/C12H15Cl2N3O3S/c1-21(19,20)16-9-2-4-17(5-3-9)12(18)8-6-10(13)15-11(14)7-8/h6-7,9,16H,2-5H2,1H3. The van der Waals surface area contributed by atoms with Gasteiger partial charge in [0.05, 0.1) is 6.26 Å².